The third kappa shape index (κ3) is 3.93. The fourth-order valence-electron chi connectivity index (χ4n) is 1.57. The number of halogens is 2. The lowest BCUT2D eigenvalue weighted by molar-refractivity contribution is 0.146. The summed E-state index contributed by atoms with van der Waals surface area (Å²) in [6.45, 7) is 0.672. The molecule has 2 aromatic rings. The van der Waals surface area contributed by atoms with Crippen LogP contribution in [0.1, 0.15) is 0 Å². The highest BCUT2D eigenvalue weighted by Gasteiger charge is 2.13. The molecule has 112 valence electrons. The second-order valence-corrected chi connectivity index (χ2v) is 4.41. The molecular weight excluding hydrogens is 299 g/mol. The number of nitrogen functional groups attached to an aromatic ring is 1. The van der Waals surface area contributed by atoms with Gasteiger partial charge in [-0.1, -0.05) is 17.7 Å². The fraction of sp³-hybridized carbons (Fsp3) is 0.231. The number of para-hydroxylation sites is 1. The van der Waals surface area contributed by atoms with E-state index in [1.807, 2.05) is 0 Å². The van der Waals surface area contributed by atoms with E-state index in [2.05, 4.69) is 15.3 Å². The van der Waals surface area contributed by atoms with E-state index in [0.29, 0.717) is 12.4 Å². The molecule has 0 atom stereocenters. The number of hydrogen-bond acceptors (Lipinski definition) is 6. The first-order valence-electron chi connectivity index (χ1n) is 6.07. The van der Waals surface area contributed by atoms with Crippen molar-refractivity contribution in [1.82, 2.24) is 9.97 Å². The van der Waals surface area contributed by atoms with Crippen LogP contribution in [0.2, 0.25) is 5.02 Å². The molecule has 6 nitrogen and oxygen atoms in total. The van der Waals surface area contributed by atoms with Crippen molar-refractivity contribution in [2.45, 2.75) is 0 Å². The van der Waals surface area contributed by atoms with E-state index in [1.54, 1.807) is 19.2 Å². The van der Waals surface area contributed by atoms with Crippen molar-refractivity contribution in [1.29, 1.82) is 0 Å². The molecule has 0 saturated carbocycles. The Labute approximate surface area is 126 Å². The smallest absolute Gasteiger partial charge is 0.222 e. The number of anilines is 3. The molecule has 0 bridgehead atoms. The van der Waals surface area contributed by atoms with Gasteiger partial charge in [0, 0.05) is 7.11 Å². The summed E-state index contributed by atoms with van der Waals surface area (Å²) in [6, 6.07) is 4.46. The molecule has 0 fully saturated rings. The van der Waals surface area contributed by atoms with E-state index >= 15 is 0 Å². The van der Waals surface area contributed by atoms with Crippen molar-refractivity contribution >= 4 is 29.1 Å². The van der Waals surface area contributed by atoms with Crippen LogP contribution < -0.4 is 15.8 Å². The largest absolute Gasteiger partial charge is 0.489 e. The van der Waals surface area contributed by atoms with Crippen LogP contribution in [0.5, 0.6) is 5.75 Å². The standard InChI is InChI=1S/C13H14ClFN4O2/c1-20-5-6-21-10-4-2-3-9(15)11(10)18-12-8(14)7-17-13(16)19-12/h2-4,7H,5-6H2,1H3,(H3,16,17,18,19). The van der Waals surface area contributed by atoms with Gasteiger partial charge in [0.25, 0.3) is 0 Å². The van der Waals surface area contributed by atoms with E-state index in [0.717, 1.165) is 0 Å². The fourth-order valence-corrected chi connectivity index (χ4v) is 1.71. The van der Waals surface area contributed by atoms with Gasteiger partial charge in [0.05, 0.1) is 12.8 Å². The van der Waals surface area contributed by atoms with E-state index in [-0.39, 0.29) is 29.1 Å². The lowest BCUT2D eigenvalue weighted by Crippen LogP contribution is -2.08. The number of benzene rings is 1. The lowest BCUT2D eigenvalue weighted by atomic mass is 10.2. The Morgan fingerprint density at radius 3 is 2.95 bits per heavy atom. The molecule has 0 aliphatic carbocycles. The first kappa shape index (κ1) is 15.3. The monoisotopic (exact) mass is 312 g/mol. The predicted molar refractivity (Wildman–Crippen MR) is 78.5 cm³/mol. The molecule has 0 aliphatic rings. The van der Waals surface area contributed by atoms with Crippen molar-refractivity contribution in [3.63, 3.8) is 0 Å². The summed E-state index contributed by atoms with van der Waals surface area (Å²) in [6.07, 6.45) is 1.33. The molecule has 8 heteroatoms. The molecule has 2 rings (SSSR count). The average molecular weight is 313 g/mol. The van der Waals surface area contributed by atoms with Gasteiger partial charge in [-0.2, -0.15) is 4.98 Å². The Bertz CT molecular complexity index is 627. The Balaban J connectivity index is 2.27. The zero-order valence-electron chi connectivity index (χ0n) is 11.3. The van der Waals surface area contributed by atoms with E-state index in [1.165, 1.54) is 12.3 Å². The molecule has 0 unspecified atom stereocenters. The van der Waals surface area contributed by atoms with Crippen molar-refractivity contribution < 1.29 is 13.9 Å². The van der Waals surface area contributed by atoms with Crippen LogP contribution in [0.3, 0.4) is 0 Å². The van der Waals surface area contributed by atoms with Crippen LogP contribution in [0.4, 0.5) is 21.8 Å². The van der Waals surface area contributed by atoms with Gasteiger partial charge in [0.15, 0.2) is 11.6 Å². The van der Waals surface area contributed by atoms with E-state index in [9.17, 15) is 4.39 Å². The lowest BCUT2D eigenvalue weighted by Gasteiger charge is -2.14. The highest BCUT2D eigenvalue weighted by atomic mass is 35.5. The number of rotatable bonds is 6. The van der Waals surface area contributed by atoms with Gasteiger partial charge in [0.2, 0.25) is 5.95 Å². The number of methoxy groups -OCH3 is 1. The Kier molecular flexibility index (Phi) is 5.13. The number of ether oxygens (including phenoxy) is 2. The zero-order chi connectivity index (χ0) is 15.2. The minimum atomic E-state index is -0.502. The molecule has 0 radical (unpaired) electrons. The molecule has 21 heavy (non-hydrogen) atoms. The molecule has 0 spiro atoms. The van der Waals surface area contributed by atoms with Crippen molar-refractivity contribution in [3.8, 4) is 5.75 Å². The summed E-state index contributed by atoms with van der Waals surface area (Å²) in [5.74, 6) is 0.0458. The Hall–Kier alpha value is -2.12. The van der Waals surface area contributed by atoms with Gasteiger partial charge in [-0.25, -0.2) is 9.37 Å². The topological polar surface area (TPSA) is 82.3 Å². The van der Waals surface area contributed by atoms with Crippen LogP contribution in [0.25, 0.3) is 0 Å². The summed E-state index contributed by atoms with van der Waals surface area (Å²) in [5.41, 5.74) is 5.61. The van der Waals surface area contributed by atoms with Crippen LogP contribution in [-0.4, -0.2) is 30.3 Å². The van der Waals surface area contributed by atoms with Gasteiger partial charge < -0.3 is 20.5 Å². The first-order chi connectivity index (χ1) is 10.1. The SMILES string of the molecule is COCCOc1cccc(F)c1Nc1nc(N)ncc1Cl. The minimum absolute atomic E-state index is 0.0279. The van der Waals surface area contributed by atoms with Crippen molar-refractivity contribution in [3.05, 3.63) is 35.2 Å². The highest BCUT2D eigenvalue weighted by molar-refractivity contribution is 6.32. The molecular formula is C13H14ClFN4O2. The summed E-state index contributed by atoms with van der Waals surface area (Å²) in [5, 5.41) is 2.99. The maximum absolute atomic E-state index is 14.0. The van der Waals surface area contributed by atoms with Gasteiger partial charge >= 0.3 is 0 Å². The highest BCUT2D eigenvalue weighted by Crippen LogP contribution is 2.32. The summed E-state index contributed by atoms with van der Waals surface area (Å²) >= 11 is 5.95. The van der Waals surface area contributed by atoms with Crippen LogP contribution >= 0.6 is 11.6 Å². The molecule has 3 N–H and O–H groups in total. The van der Waals surface area contributed by atoms with Crippen LogP contribution in [-0.2, 0) is 4.74 Å². The maximum Gasteiger partial charge on any atom is 0.222 e. The van der Waals surface area contributed by atoms with E-state index in [4.69, 9.17) is 26.8 Å². The van der Waals surface area contributed by atoms with Crippen molar-refractivity contribution in [2.24, 2.45) is 0 Å². The minimum Gasteiger partial charge on any atom is -0.489 e. The normalized spacial score (nSPS) is 10.4. The van der Waals surface area contributed by atoms with Gasteiger partial charge in [0.1, 0.15) is 23.1 Å². The quantitative estimate of drug-likeness (QED) is 0.798. The molecule has 1 aromatic heterocycles. The van der Waals surface area contributed by atoms with Gasteiger partial charge in [-0.15, -0.1) is 0 Å². The second kappa shape index (κ2) is 7.05. The van der Waals surface area contributed by atoms with Gasteiger partial charge in [-0.3, -0.25) is 0 Å². The zero-order valence-corrected chi connectivity index (χ0v) is 12.0. The summed E-state index contributed by atoms with van der Waals surface area (Å²) in [4.78, 5) is 7.66. The van der Waals surface area contributed by atoms with E-state index < -0.39 is 5.82 Å². The number of nitrogens with two attached hydrogens (primary N) is 1. The number of aromatic nitrogens is 2. The van der Waals surface area contributed by atoms with Crippen LogP contribution in [0.15, 0.2) is 24.4 Å². The first-order valence-corrected chi connectivity index (χ1v) is 6.45. The summed E-state index contributed by atoms with van der Waals surface area (Å²) < 4.78 is 24.3. The third-order valence-corrected chi connectivity index (χ3v) is 2.80. The molecule has 0 amide bonds. The summed E-state index contributed by atoms with van der Waals surface area (Å²) in [7, 11) is 1.55. The maximum atomic E-state index is 14.0. The number of nitrogens with zero attached hydrogens (tertiary/aromatic N) is 2. The Morgan fingerprint density at radius 1 is 1.38 bits per heavy atom. The number of hydrogen-bond donors (Lipinski definition) is 2. The average Bonchev–Trinajstić information content (AvgIpc) is 2.46. The molecule has 0 saturated heterocycles. The second-order valence-electron chi connectivity index (χ2n) is 4.00. The third-order valence-electron chi connectivity index (χ3n) is 2.53. The van der Waals surface area contributed by atoms with Gasteiger partial charge in [-0.05, 0) is 12.1 Å². The predicted octanol–water partition coefficient (Wildman–Crippen LogP) is 2.62. The molecule has 0 aliphatic heterocycles. The molecule has 1 heterocycles. The van der Waals surface area contributed by atoms with Crippen LogP contribution in [0, 0.1) is 5.82 Å². The van der Waals surface area contributed by atoms with Crippen molar-refractivity contribution in [2.75, 3.05) is 31.4 Å². The number of nitrogens with one attached hydrogen (secondary N) is 1. The molecule has 1 aromatic carbocycles. The Morgan fingerprint density at radius 2 is 2.19 bits per heavy atom.